The smallest absolute Gasteiger partial charge is 0.227 e. The number of nitrogen functional groups attached to an aromatic ring is 1. The maximum absolute atomic E-state index is 13.3. The molecule has 0 radical (unpaired) electrons. The standard InChI is InChI=1S/C18H19FN2O/c19-15-8-9-17-14(12-15)5-3-11-21(17)18(22)10-7-13-4-1-2-6-16(13)20/h1-2,4,6,8-9,12H,3,5,7,10-11,20H2. The summed E-state index contributed by atoms with van der Waals surface area (Å²) in [4.78, 5) is 14.3. The summed E-state index contributed by atoms with van der Waals surface area (Å²) in [6.07, 6.45) is 2.72. The third kappa shape index (κ3) is 2.96. The molecule has 3 nitrogen and oxygen atoms in total. The van der Waals surface area contributed by atoms with Gasteiger partial charge in [0, 0.05) is 24.3 Å². The van der Waals surface area contributed by atoms with Gasteiger partial charge in [0.2, 0.25) is 5.91 Å². The molecule has 0 aromatic heterocycles. The fraction of sp³-hybridized carbons (Fsp3) is 0.278. The summed E-state index contributed by atoms with van der Waals surface area (Å²) < 4.78 is 13.3. The number of benzene rings is 2. The number of nitrogens with zero attached hydrogens (tertiary/aromatic N) is 1. The molecular weight excluding hydrogens is 279 g/mol. The van der Waals surface area contributed by atoms with Gasteiger partial charge in [0.1, 0.15) is 5.82 Å². The monoisotopic (exact) mass is 298 g/mol. The fourth-order valence-electron chi connectivity index (χ4n) is 2.96. The van der Waals surface area contributed by atoms with Crippen molar-refractivity contribution in [1.82, 2.24) is 0 Å². The van der Waals surface area contributed by atoms with Crippen molar-refractivity contribution in [2.75, 3.05) is 17.2 Å². The Hall–Kier alpha value is -2.36. The molecule has 0 saturated heterocycles. The van der Waals surface area contributed by atoms with Crippen LogP contribution < -0.4 is 10.6 Å². The van der Waals surface area contributed by atoms with Gasteiger partial charge in [0.05, 0.1) is 0 Å². The zero-order valence-corrected chi connectivity index (χ0v) is 12.4. The summed E-state index contributed by atoms with van der Waals surface area (Å²) in [5.74, 6) is -0.180. The quantitative estimate of drug-likeness (QED) is 0.884. The molecule has 0 spiro atoms. The lowest BCUT2D eigenvalue weighted by molar-refractivity contribution is -0.118. The lowest BCUT2D eigenvalue weighted by Gasteiger charge is -2.29. The Morgan fingerprint density at radius 3 is 2.86 bits per heavy atom. The van der Waals surface area contributed by atoms with Crippen molar-refractivity contribution < 1.29 is 9.18 Å². The van der Waals surface area contributed by atoms with Crippen LogP contribution in [0.3, 0.4) is 0 Å². The summed E-state index contributed by atoms with van der Waals surface area (Å²) in [7, 11) is 0. The van der Waals surface area contributed by atoms with Crippen LogP contribution >= 0.6 is 0 Å². The van der Waals surface area contributed by atoms with E-state index >= 15 is 0 Å². The second-order valence-corrected chi connectivity index (χ2v) is 5.62. The second-order valence-electron chi connectivity index (χ2n) is 5.62. The van der Waals surface area contributed by atoms with E-state index in [9.17, 15) is 9.18 Å². The first-order valence-electron chi connectivity index (χ1n) is 7.57. The molecule has 2 aromatic carbocycles. The number of amides is 1. The molecule has 1 aliphatic rings. The number of para-hydroxylation sites is 1. The zero-order chi connectivity index (χ0) is 15.5. The molecule has 2 N–H and O–H groups in total. The van der Waals surface area contributed by atoms with Crippen LogP contribution in [-0.2, 0) is 17.6 Å². The molecular formula is C18H19FN2O. The number of aryl methyl sites for hydroxylation is 2. The Labute approximate surface area is 129 Å². The number of halogens is 1. The summed E-state index contributed by atoms with van der Waals surface area (Å²) in [5.41, 5.74) is 9.39. The topological polar surface area (TPSA) is 46.3 Å². The van der Waals surface area contributed by atoms with Crippen molar-refractivity contribution in [3.63, 3.8) is 0 Å². The van der Waals surface area contributed by atoms with Crippen LogP contribution in [0.15, 0.2) is 42.5 Å². The van der Waals surface area contributed by atoms with E-state index in [1.165, 1.54) is 12.1 Å². The van der Waals surface area contributed by atoms with E-state index in [-0.39, 0.29) is 11.7 Å². The van der Waals surface area contributed by atoms with Gasteiger partial charge in [-0.1, -0.05) is 18.2 Å². The first-order valence-corrected chi connectivity index (χ1v) is 7.57. The summed E-state index contributed by atoms with van der Waals surface area (Å²) in [5, 5.41) is 0. The number of hydrogen-bond donors (Lipinski definition) is 1. The van der Waals surface area contributed by atoms with Crippen LogP contribution in [0, 0.1) is 5.82 Å². The first-order chi connectivity index (χ1) is 10.6. The van der Waals surface area contributed by atoms with Crippen LogP contribution in [0.25, 0.3) is 0 Å². The lowest BCUT2D eigenvalue weighted by Crippen LogP contribution is -2.35. The van der Waals surface area contributed by atoms with Crippen molar-refractivity contribution >= 4 is 17.3 Å². The van der Waals surface area contributed by atoms with Gasteiger partial charge < -0.3 is 10.6 Å². The highest BCUT2D eigenvalue weighted by Crippen LogP contribution is 2.28. The summed E-state index contributed by atoms with van der Waals surface area (Å²) in [6, 6.07) is 12.3. The van der Waals surface area contributed by atoms with Gasteiger partial charge >= 0.3 is 0 Å². The molecule has 1 amide bonds. The SMILES string of the molecule is Nc1ccccc1CCC(=O)N1CCCc2cc(F)ccc21. The first kappa shape index (κ1) is 14.6. The zero-order valence-electron chi connectivity index (χ0n) is 12.4. The molecule has 3 rings (SSSR count). The maximum Gasteiger partial charge on any atom is 0.227 e. The van der Waals surface area contributed by atoms with Gasteiger partial charge in [0.15, 0.2) is 0 Å². The Morgan fingerprint density at radius 1 is 1.23 bits per heavy atom. The predicted molar refractivity (Wildman–Crippen MR) is 86.2 cm³/mol. The molecule has 1 aliphatic heterocycles. The van der Waals surface area contributed by atoms with Crippen molar-refractivity contribution in [3.05, 3.63) is 59.4 Å². The third-order valence-corrected chi connectivity index (χ3v) is 4.12. The largest absolute Gasteiger partial charge is 0.399 e. The number of fused-ring (bicyclic) bond motifs is 1. The second kappa shape index (κ2) is 6.18. The van der Waals surface area contributed by atoms with Crippen molar-refractivity contribution in [3.8, 4) is 0 Å². The molecule has 0 unspecified atom stereocenters. The van der Waals surface area contributed by atoms with Crippen molar-refractivity contribution in [1.29, 1.82) is 0 Å². The predicted octanol–water partition coefficient (Wildman–Crippen LogP) is 3.32. The third-order valence-electron chi connectivity index (χ3n) is 4.12. The molecule has 0 aliphatic carbocycles. The van der Waals surface area contributed by atoms with E-state index in [4.69, 9.17) is 5.73 Å². The Kier molecular flexibility index (Phi) is 4.09. The molecule has 0 fully saturated rings. The minimum absolute atomic E-state index is 0.0656. The maximum atomic E-state index is 13.3. The summed E-state index contributed by atoms with van der Waals surface area (Å²) in [6.45, 7) is 0.696. The van der Waals surface area contributed by atoms with Crippen molar-refractivity contribution in [2.45, 2.75) is 25.7 Å². The molecule has 0 saturated carbocycles. The van der Waals surface area contributed by atoms with E-state index in [1.807, 2.05) is 24.3 Å². The van der Waals surface area contributed by atoms with Crippen molar-refractivity contribution in [2.24, 2.45) is 0 Å². The number of carbonyl (C=O) groups is 1. The van der Waals surface area contributed by atoms with E-state index in [0.29, 0.717) is 19.4 Å². The number of rotatable bonds is 3. The molecule has 114 valence electrons. The highest BCUT2D eigenvalue weighted by Gasteiger charge is 2.22. The van der Waals surface area contributed by atoms with Crippen LogP contribution in [0.4, 0.5) is 15.8 Å². The van der Waals surface area contributed by atoms with E-state index in [1.54, 1.807) is 11.0 Å². The van der Waals surface area contributed by atoms with Crippen LogP contribution in [0.1, 0.15) is 24.0 Å². The highest BCUT2D eigenvalue weighted by atomic mass is 19.1. The number of carbonyl (C=O) groups excluding carboxylic acids is 1. The van der Waals surface area contributed by atoms with Gasteiger partial charge in [0.25, 0.3) is 0 Å². The van der Waals surface area contributed by atoms with Crippen LogP contribution in [-0.4, -0.2) is 12.5 Å². The van der Waals surface area contributed by atoms with Gasteiger partial charge in [-0.15, -0.1) is 0 Å². The average Bonchev–Trinajstić information content (AvgIpc) is 2.53. The minimum atomic E-state index is -0.245. The molecule has 1 heterocycles. The van der Waals surface area contributed by atoms with Gasteiger partial charge in [-0.3, -0.25) is 4.79 Å². The molecule has 0 atom stereocenters. The Bertz CT molecular complexity index is 699. The van der Waals surface area contributed by atoms with E-state index in [0.717, 1.165) is 35.3 Å². The molecule has 2 aromatic rings. The molecule has 22 heavy (non-hydrogen) atoms. The van der Waals surface area contributed by atoms with Crippen LogP contribution in [0.2, 0.25) is 0 Å². The van der Waals surface area contributed by atoms with Gasteiger partial charge in [-0.05, 0) is 54.7 Å². The Balaban J connectivity index is 1.73. The minimum Gasteiger partial charge on any atom is -0.399 e. The van der Waals surface area contributed by atoms with E-state index in [2.05, 4.69) is 0 Å². The normalized spacial score (nSPS) is 13.8. The highest BCUT2D eigenvalue weighted by molar-refractivity contribution is 5.94. The van der Waals surface area contributed by atoms with Gasteiger partial charge in [-0.2, -0.15) is 0 Å². The number of nitrogens with two attached hydrogens (primary N) is 1. The average molecular weight is 298 g/mol. The number of hydrogen-bond acceptors (Lipinski definition) is 2. The molecule has 4 heteroatoms. The Morgan fingerprint density at radius 2 is 2.05 bits per heavy atom. The lowest BCUT2D eigenvalue weighted by atomic mass is 10.0. The summed E-state index contributed by atoms with van der Waals surface area (Å²) >= 11 is 0. The van der Waals surface area contributed by atoms with Crippen LogP contribution in [0.5, 0.6) is 0 Å². The number of anilines is 2. The molecule has 0 bridgehead atoms. The van der Waals surface area contributed by atoms with Gasteiger partial charge in [-0.25, -0.2) is 4.39 Å². The fourth-order valence-corrected chi connectivity index (χ4v) is 2.96. The van der Waals surface area contributed by atoms with E-state index < -0.39 is 0 Å².